The van der Waals surface area contributed by atoms with Crippen molar-refractivity contribution in [1.29, 1.82) is 0 Å². The number of carbonyl (C=O) groups is 1. The van der Waals surface area contributed by atoms with Gasteiger partial charge in [-0.3, -0.25) is 4.79 Å². The van der Waals surface area contributed by atoms with Gasteiger partial charge in [0.2, 0.25) is 0 Å². The number of aliphatic hydroxyl groups is 1. The molecule has 1 amide bonds. The van der Waals surface area contributed by atoms with Crippen LogP contribution in [0.5, 0.6) is 0 Å². The van der Waals surface area contributed by atoms with E-state index in [1.165, 1.54) is 12.3 Å². The topological polar surface area (TPSA) is 88.2 Å². The van der Waals surface area contributed by atoms with Gasteiger partial charge in [-0.25, -0.2) is 4.98 Å². The Kier molecular flexibility index (Phi) is 4.04. The second-order valence-electron chi connectivity index (χ2n) is 4.52. The van der Waals surface area contributed by atoms with Crippen LogP contribution in [-0.2, 0) is 0 Å². The first-order chi connectivity index (χ1) is 8.58. The van der Waals surface area contributed by atoms with Gasteiger partial charge in [0.25, 0.3) is 5.91 Å². The van der Waals surface area contributed by atoms with Crippen LogP contribution in [0.4, 0.5) is 5.82 Å². The van der Waals surface area contributed by atoms with Crippen LogP contribution in [0.3, 0.4) is 0 Å². The molecule has 1 heterocycles. The fourth-order valence-corrected chi connectivity index (χ4v) is 2.34. The molecule has 1 aliphatic carbocycles. The highest BCUT2D eigenvalue weighted by Gasteiger charge is 2.25. The predicted octanol–water partition coefficient (Wildman–Crippen LogP) is 1.35. The van der Waals surface area contributed by atoms with Crippen molar-refractivity contribution in [2.24, 2.45) is 0 Å². The summed E-state index contributed by atoms with van der Waals surface area (Å²) in [5, 5.41) is 12.9. The molecule has 4 N–H and O–H groups in total. The van der Waals surface area contributed by atoms with Crippen molar-refractivity contribution in [3.8, 4) is 0 Å². The van der Waals surface area contributed by atoms with Gasteiger partial charge in [0.1, 0.15) is 5.82 Å². The number of aliphatic hydroxyl groups excluding tert-OH is 1. The lowest BCUT2D eigenvalue weighted by Crippen LogP contribution is -2.45. The number of aromatic nitrogens is 1. The SMILES string of the molecule is Nc1cc(C(=O)NC2CCCCC2O)c(Cl)cn1. The molecule has 98 valence electrons. The number of amides is 1. The van der Waals surface area contributed by atoms with Crippen molar-refractivity contribution in [1.82, 2.24) is 10.3 Å². The molecule has 0 spiro atoms. The standard InChI is InChI=1S/C12H16ClN3O2/c13-8-6-15-11(14)5-7(8)12(18)16-9-3-1-2-4-10(9)17/h5-6,9-10,17H,1-4H2,(H2,14,15)(H,16,18). The average molecular weight is 270 g/mol. The average Bonchev–Trinajstić information content (AvgIpc) is 2.35. The van der Waals surface area contributed by atoms with Crippen LogP contribution >= 0.6 is 11.6 Å². The number of hydrogen-bond donors (Lipinski definition) is 3. The summed E-state index contributed by atoms with van der Waals surface area (Å²) in [7, 11) is 0. The van der Waals surface area contributed by atoms with E-state index in [2.05, 4.69) is 10.3 Å². The lowest BCUT2D eigenvalue weighted by atomic mass is 9.92. The molecular weight excluding hydrogens is 254 g/mol. The van der Waals surface area contributed by atoms with Gasteiger partial charge >= 0.3 is 0 Å². The zero-order chi connectivity index (χ0) is 13.1. The number of hydrogen-bond acceptors (Lipinski definition) is 4. The van der Waals surface area contributed by atoms with Crippen molar-refractivity contribution < 1.29 is 9.90 Å². The summed E-state index contributed by atoms with van der Waals surface area (Å²) in [6, 6.07) is 1.23. The first kappa shape index (κ1) is 13.1. The van der Waals surface area contributed by atoms with Gasteiger partial charge < -0.3 is 16.2 Å². The van der Waals surface area contributed by atoms with Crippen LogP contribution in [0, 0.1) is 0 Å². The molecule has 0 radical (unpaired) electrons. The summed E-state index contributed by atoms with van der Waals surface area (Å²) >= 11 is 5.90. The third-order valence-corrected chi connectivity index (χ3v) is 3.47. The third kappa shape index (κ3) is 2.91. The summed E-state index contributed by atoms with van der Waals surface area (Å²) < 4.78 is 0. The molecule has 1 saturated carbocycles. The van der Waals surface area contributed by atoms with E-state index in [4.69, 9.17) is 17.3 Å². The minimum atomic E-state index is -0.486. The minimum Gasteiger partial charge on any atom is -0.391 e. The first-order valence-electron chi connectivity index (χ1n) is 5.98. The van der Waals surface area contributed by atoms with E-state index in [0.717, 1.165) is 25.7 Å². The van der Waals surface area contributed by atoms with Crippen molar-refractivity contribution in [3.63, 3.8) is 0 Å². The predicted molar refractivity (Wildman–Crippen MR) is 69.4 cm³/mol. The van der Waals surface area contributed by atoms with E-state index >= 15 is 0 Å². The Morgan fingerprint density at radius 2 is 2.22 bits per heavy atom. The highest BCUT2D eigenvalue weighted by molar-refractivity contribution is 6.33. The van der Waals surface area contributed by atoms with Gasteiger partial charge in [0, 0.05) is 6.20 Å². The number of pyridine rings is 1. The first-order valence-corrected chi connectivity index (χ1v) is 6.35. The number of nitrogens with one attached hydrogen (secondary N) is 1. The number of halogens is 1. The van der Waals surface area contributed by atoms with Gasteiger partial charge in [-0.2, -0.15) is 0 Å². The Morgan fingerprint density at radius 1 is 1.50 bits per heavy atom. The Hall–Kier alpha value is -1.33. The maximum absolute atomic E-state index is 12.0. The molecule has 1 aliphatic rings. The molecule has 1 aromatic rings. The number of carbonyl (C=O) groups excluding carboxylic acids is 1. The summed E-state index contributed by atoms with van der Waals surface area (Å²) in [6.07, 6.45) is 4.37. The van der Waals surface area contributed by atoms with E-state index in [-0.39, 0.29) is 22.8 Å². The molecule has 18 heavy (non-hydrogen) atoms. The Balaban J connectivity index is 2.09. The highest BCUT2D eigenvalue weighted by atomic mass is 35.5. The van der Waals surface area contributed by atoms with Crippen LogP contribution in [-0.4, -0.2) is 28.1 Å². The maximum atomic E-state index is 12.0. The lowest BCUT2D eigenvalue weighted by molar-refractivity contribution is 0.0717. The molecule has 0 aliphatic heterocycles. The smallest absolute Gasteiger partial charge is 0.253 e. The Morgan fingerprint density at radius 3 is 2.94 bits per heavy atom. The molecule has 2 unspecified atom stereocenters. The zero-order valence-electron chi connectivity index (χ0n) is 9.90. The van der Waals surface area contributed by atoms with Gasteiger partial charge in [-0.1, -0.05) is 24.4 Å². The summed E-state index contributed by atoms with van der Waals surface area (Å²) in [6.45, 7) is 0. The van der Waals surface area contributed by atoms with Crippen LogP contribution in [0.25, 0.3) is 0 Å². The molecule has 2 rings (SSSR count). The summed E-state index contributed by atoms with van der Waals surface area (Å²) in [5.41, 5.74) is 5.82. The number of anilines is 1. The Bertz CT molecular complexity index is 453. The molecule has 0 aromatic carbocycles. The van der Waals surface area contributed by atoms with Crippen LogP contribution in [0.1, 0.15) is 36.0 Å². The van der Waals surface area contributed by atoms with Crippen LogP contribution in [0.2, 0.25) is 5.02 Å². The molecule has 1 aromatic heterocycles. The molecule has 2 atom stereocenters. The molecular formula is C12H16ClN3O2. The van der Waals surface area contributed by atoms with Crippen molar-refractivity contribution in [2.45, 2.75) is 37.8 Å². The lowest BCUT2D eigenvalue weighted by Gasteiger charge is -2.28. The molecule has 6 heteroatoms. The van der Waals surface area contributed by atoms with Gasteiger partial charge in [0.05, 0.1) is 22.7 Å². The maximum Gasteiger partial charge on any atom is 0.253 e. The van der Waals surface area contributed by atoms with E-state index in [9.17, 15) is 9.90 Å². The highest BCUT2D eigenvalue weighted by Crippen LogP contribution is 2.21. The van der Waals surface area contributed by atoms with E-state index in [0.29, 0.717) is 5.56 Å². The molecule has 0 saturated heterocycles. The molecule has 0 bridgehead atoms. The quantitative estimate of drug-likeness (QED) is 0.756. The van der Waals surface area contributed by atoms with E-state index in [1.54, 1.807) is 0 Å². The second-order valence-corrected chi connectivity index (χ2v) is 4.93. The van der Waals surface area contributed by atoms with E-state index in [1.807, 2.05) is 0 Å². The Labute approximate surface area is 110 Å². The number of rotatable bonds is 2. The number of nitrogens with two attached hydrogens (primary N) is 1. The van der Waals surface area contributed by atoms with Crippen LogP contribution < -0.4 is 11.1 Å². The van der Waals surface area contributed by atoms with Gasteiger partial charge in [-0.15, -0.1) is 0 Å². The van der Waals surface area contributed by atoms with Crippen molar-refractivity contribution in [2.75, 3.05) is 5.73 Å². The largest absolute Gasteiger partial charge is 0.391 e. The van der Waals surface area contributed by atoms with Crippen LogP contribution in [0.15, 0.2) is 12.3 Å². The number of nitrogens with zero attached hydrogens (tertiary/aromatic N) is 1. The fraction of sp³-hybridized carbons (Fsp3) is 0.500. The monoisotopic (exact) mass is 269 g/mol. The molecule has 1 fully saturated rings. The fourth-order valence-electron chi connectivity index (χ4n) is 2.15. The van der Waals surface area contributed by atoms with Crippen molar-refractivity contribution >= 4 is 23.3 Å². The third-order valence-electron chi connectivity index (χ3n) is 3.17. The normalized spacial score (nSPS) is 23.7. The van der Waals surface area contributed by atoms with Gasteiger partial charge in [0.15, 0.2) is 0 Å². The van der Waals surface area contributed by atoms with Gasteiger partial charge in [-0.05, 0) is 18.9 Å². The number of nitrogen functional groups attached to an aromatic ring is 1. The minimum absolute atomic E-state index is 0.211. The second kappa shape index (κ2) is 5.54. The van der Waals surface area contributed by atoms with E-state index < -0.39 is 6.10 Å². The molecule has 5 nitrogen and oxygen atoms in total. The van der Waals surface area contributed by atoms with Crippen molar-refractivity contribution in [3.05, 3.63) is 22.8 Å². The zero-order valence-corrected chi connectivity index (χ0v) is 10.7. The summed E-state index contributed by atoms with van der Waals surface area (Å²) in [5.74, 6) is -0.0752. The summed E-state index contributed by atoms with van der Waals surface area (Å²) in [4.78, 5) is 15.8.